The van der Waals surface area contributed by atoms with Crippen molar-refractivity contribution in [3.8, 4) is 16.8 Å². The number of nitrogens with zero attached hydrogens (tertiary/aromatic N) is 3. The number of rotatable bonds is 4. The van der Waals surface area contributed by atoms with Gasteiger partial charge in [0.2, 0.25) is 0 Å². The Labute approximate surface area is 128 Å². The molecule has 0 unspecified atom stereocenters. The predicted octanol–water partition coefficient (Wildman–Crippen LogP) is 4.10. The summed E-state index contributed by atoms with van der Waals surface area (Å²) < 4.78 is 19.2. The zero-order chi connectivity index (χ0) is 14.7. The number of benzene rings is 1. The molecule has 104 valence electrons. The molecule has 2 heterocycles. The number of hydrogen-bond acceptors (Lipinski definition) is 6. The lowest BCUT2D eigenvalue weighted by Gasteiger charge is -2.00. The highest BCUT2D eigenvalue weighted by molar-refractivity contribution is 7.98. The molecule has 0 radical (unpaired) electrons. The minimum absolute atomic E-state index is 0.305. The van der Waals surface area contributed by atoms with E-state index < -0.39 is 5.82 Å². The van der Waals surface area contributed by atoms with Crippen molar-refractivity contribution in [2.24, 2.45) is 0 Å². The molecule has 3 aromatic rings. The van der Waals surface area contributed by atoms with Crippen molar-refractivity contribution in [1.29, 1.82) is 5.26 Å². The summed E-state index contributed by atoms with van der Waals surface area (Å²) in [7, 11) is 0. The first-order valence-corrected chi connectivity index (χ1v) is 7.81. The molecule has 0 atom stereocenters. The van der Waals surface area contributed by atoms with Gasteiger partial charge >= 0.3 is 0 Å². The van der Waals surface area contributed by atoms with Crippen LogP contribution in [0, 0.1) is 17.1 Å². The van der Waals surface area contributed by atoms with E-state index in [1.807, 2.05) is 23.6 Å². The van der Waals surface area contributed by atoms with Crippen LogP contribution in [0.3, 0.4) is 0 Å². The molecule has 4 nitrogen and oxygen atoms in total. The van der Waals surface area contributed by atoms with Crippen molar-refractivity contribution in [1.82, 2.24) is 10.2 Å². The highest BCUT2D eigenvalue weighted by Crippen LogP contribution is 2.28. The van der Waals surface area contributed by atoms with Crippen LogP contribution in [-0.2, 0) is 5.75 Å². The highest BCUT2D eigenvalue weighted by atomic mass is 32.2. The molecule has 0 fully saturated rings. The van der Waals surface area contributed by atoms with Crippen molar-refractivity contribution >= 4 is 23.1 Å². The number of thiophene rings is 1. The Morgan fingerprint density at radius 3 is 2.95 bits per heavy atom. The van der Waals surface area contributed by atoms with Gasteiger partial charge in [-0.25, -0.2) is 4.39 Å². The smallest absolute Gasteiger partial charge is 0.277 e. The van der Waals surface area contributed by atoms with Crippen LogP contribution >= 0.6 is 23.1 Å². The molecule has 1 aromatic carbocycles. The van der Waals surface area contributed by atoms with E-state index in [1.165, 1.54) is 29.2 Å². The minimum atomic E-state index is -0.403. The summed E-state index contributed by atoms with van der Waals surface area (Å²) in [5, 5.41) is 18.9. The van der Waals surface area contributed by atoms with E-state index in [1.54, 1.807) is 12.1 Å². The Kier molecular flexibility index (Phi) is 3.99. The second-order valence-electron chi connectivity index (χ2n) is 4.06. The zero-order valence-corrected chi connectivity index (χ0v) is 12.2. The van der Waals surface area contributed by atoms with Crippen molar-refractivity contribution in [3.63, 3.8) is 0 Å². The second-order valence-corrected chi connectivity index (χ2v) is 5.93. The molecule has 0 saturated heterocycles. The van der Waals surface area contributed by atoms with E-state index >= 15 is 0 Å². The summed E-state index contributed by atoms with van der Waals surface area (Å²) in [6, 6.07) is 10.1. The van der Waals surface area contributed by atoms with Gasteiger partial charge in [-0.2, -0.15) is 5.26 Å². The summed E-state index contributed by atoms with van der Waals surface area (Å²) in [6.07, 6.45) is 0. The van der Waals surface area contributed by atoms with Crippen LogP contribution in [0.25, 0.3) is 10.8 Å². The molecule has 0 saturated carbocycles. The molecule has 21 heavy (non-hydrogen) atoms. The van der Waals surface area contributed by atoms with Crippen LogP contribution in [0.15, 0.2) is 45.4 Å². The fourth-order valence-electron chi connectivity index (χ4n) is 1.64. The van der Waals surface area contributed by atoms with Crippen LogP contribution in [0.1, 0.15) is 11.1 Å². The molecule has 7 heteroatoms. The fourth-order valence-corrected chi connectivity index (χ4v) is 3.04. The first kappa shape index (κ1) is 13.8. The molecule has 0 N–H and O–H groups in total. The lowest BCUT2D eigenvalue weighted by Crippen LogP contribution is -1.89. The molecule has 0 bridgehead atoms. The third kappa shape index (κ3) is 3.12. The van der Waals surface area contributed by atoms with Gasteiger partial charge in [-0.15, -0.1) is 21.5 Å². The molecule has 0 spiro atoms. The van der Waals surface area contributed by atoms with Crippen molar-refractivity contribution in [2.45, 2.75) is 11.0 Å². The van der Waals surface area contributed by atoms with Gasteiger partial charge in [0.25, 0.3) is 11.1 Å². The van der Waals surface area contributed by atoms with Crippen LogP contribution < -0.4 is 0 Å². The first-order valence-electron chi connectivity index (χ1n) is 5.95. The molecule has 2 aromatic heterocycles. The van der Waals surface area contributed by atoms with E-state index in [9.17, 15) is 4.39 Å². The van der Waals surface area contributed by atoms with Gasteiger partial charge in [0, 0.05) is 5.75 Å². The molecule has 0 aliphatic carbocycles. The van der Waals surface area contributed by atoms with Crippen molar-refractivity contribution in [3.05, 3.63) is 52.7 Å². The average molecular weight is 317 g/mol. The third-order valence-electron chi connectivity index (χ3n) is 2.67. The van der Waals surface area contributed by atoms with Crippen LogP contribution in [0.4, 0.5) is 4.39 Å². The number of hydrogen-bond donors (Lipinski definition) is 0. The normalized spacial score (nSPS) is 10.5. The molecule has 0 amide bonds. The maximum absolute atomic E-state index is 13.7. The van der Waals surface area contributed by atoms with Gasteiger partial charge in [0.15, 0.2) is 0 Å². The van der Waals surface area contributed by atoms with Gasteiger partial charge in [-0.05, 0) is 29.1 Å². The standard InChI is InChI=1S/C14H8FN3OS2/c15-11-6-9(7-16)3-4-10(11)8-21-14-18-17-13(19-14)12-2-1-5-20-12/h1-6H,8H2. The van der Waals surface area contributed by atoms with E-state index in [2.05, 4.69) is 10.2 Å². The van der Waals surface area contributed by atoms with E-state index in [-0.39, 0.29) is 0 Å². The minimum Gasteiger partial charge on any atom is -0.410 e. The van der Waals surface area contributed by atoms with Crippen LogP contribution in [-0.4, -0.2) is 10.2 Å². The van der Waals surface area contributed by atoms with E-state index in [0.29, 0.717) is 28.0 Å². The Bertz CT molecular complexity index is 793. The molecular formula is C14H8FN3OS2. The van der Waals surface area contributed by atoms with E-state index in [4.69, 9.17) is 9.68 Å². The van der Waals surface area contributed by atoms with Crippen molar-refractivity contribution < 1.29 is 8.81 Å². The van der Waals surface area contributed by atoms with Crippen molar-refractivity contribution in [2.75, 3.05) is 0 Å². The number of halogens is 1. The SMILES string of the molecule is N#Cc1ccc(CSc2nnc(-c3cccs3)o2)c(F)c1. The van der Waals surface area contributed by atoms with E-state index in [0.717, 1.165) is 4.88 Å². The molecular weight excluding hydrogens is 309 g/mol. The Morgan fingerprint density at radius 2 is 2.24 bits per heavy atom. The monoisotopic (exact) mass is 317 g/mol. The molecule has 0 aliphatic heterocycles. The Hall–Kier alpha value is -2.17. The number of thioether (sulfide) groups is 1. The largest absolute Gasteiger partial charge is 0.410 e. The number of aromatic nitrogens is 2. The first-order chi connectivity index (χ1) is 10.3. The second kappa shape index (κ2) is 6.08. The summed E-state index contributed by atoms with van der Waals surface area (Å²) >= 11 is 2.77. The molecule has 0 aliphatic rings. The Morgan fingerprint density at radius 1 is 1.33 bits per heavy atom. The number of nitriles is 1. The summed E-state index contributed by atoms with van der Waals surface area (Å²) in [4.78, 5) is 0.902. The molecule has 3 rings (SSSR count). The summed E-state index contributed by atoms with van der Waals surface area (Å²) in [6.45, 7) is 0. The average Bonchev–Trinajstić information content (AvgIpc) is 3.16. The summed E-state index contributed by atoms with van der Waals surface area (Å²) in [5.74, 6) is 0.427. The van der Waals surface area contributed by atoms with Gasteiger partial charge in [0.1, 0.15) is 5.82 Å². The van der Waals surface area contributed by atoms with Gasteiger partial charge in [-0.1, -0.05) is 23.9 Å². The predicted molar refractivity (Wildman–Crippen MR) is 78.3 cm³/mol. The third-order valence-corrected chi connectivity index (χ3v) is 4.40. The zero-order valence-electron chi connectivity index (χ0n) is 10.6. The van der Waals surface area contributed by atoms with Crippen LogP contribution in [0.2, 0.25) is 0 Å². The summed E-state index contributed by atoms with van der Waals surface area (Å²) in [5.41, 5.74) is 0.800. The van der Waals surface area contributed by atoms with Crippen LogP contribution in [0.5, 0.6) is 0 Å². The fraction of sp³-hybridized carbons (Fsp3) is 0.0714. The lowest BCUT2D eigenvalue weighted by molar-refractivity contribution is 0.466. The highest BCUT2D eigenvalue weighted by Gasteiger charge is 2.11. The Balaban J connectivity index is 1.70. The quantitative estimate of drug-likeness (QED) is 0.678. The maximum Gasteiger partial charge on any atom is 0.277 e. The van der Waals surface area contributed by atoms with Gasteiger partial charge in [0.05, 0.1) is 16.5 Å². The van der Waals surface area contributed by atoms with Gasteiger partial charge < -0.3 is 4.42 Å². The topological polar surface area (TPSA) is 62.7 Å². The lowest BCUT2D eigenvalue weighted by atomic mass is 10.1. The maximum atomic E-state index is 13.7. The van der Waals surface area contributed by atoms with Gasteiger partial charge in [-0.3, -0.25) is 0 Å².